The van der Waals surface area contributed by atoms with Gasteiger partial charge in [0, 0.05) is 31.4 Å². The maximum atomic E-state index is 5.36. The molecule has 0 atom stereocenters. The highest BCUT2D eigenvalue weighted by atomic mass is 79.9. The summed E-state index contributed by atoms with van der Waals surface area (Å²) in [6.45, 7) is 1.69. The van der Waals surface area contributed by atoms with E-state index < -0.39 is 0 Å². The van der Waals surface area contributed by atoms with Crippen molar-refractivity contribution in [2.75, 3.05) is 13.2 Å². The molecule has 4 nitrogen and oxygen atoms in total. The molecule has 0 unspecified atom stereocenters. The maximum Gasteiger partial charge on any atom is 0.156 e. The van der Waals surface area contributed by atoms with Gasteiger partial charge in [-0.25, -0.2) is 9.50 Å². The molecular formula is C11H12BrN3O. The second kappa shape index (κ2) is 4.14. The van der Waals surface area contributed by atoms with Crippen LogP contribution in [0.3, 0.4) is 0 Å². The van der Waals surface area contributed by atoms with Crippen LogP contribution in [0.5, 0.6) is 0 Å². The Labute approximate surface area is 102 Å². The zero-order valence-electron chi connectivity index (χ0n) is 8.77. The van der Waals surface area contributed by atoms with Gasteiger partial charge in [0.05, 0.1) is 5.69 Å². The molecule has 1 saturated heterocycles. The summed E-state index contributed by atoms with van der Waals surface area (Å²) in [5.41, 5.74) is 2.03. The van der Waals surface area contributed by atoms with E-state index in [0.717, 1.165) is 42.0 Å². The fourth-order valence-corrected chi connectivity index (χ4v) is 2.37. The number of ether oxygens (including phenoxy) is 1. The molecular weight excluding hydrogens is 270 g/mol. The topological polar surface area (TPSA) is 39.4 Å². The molecule has 0 aliphatic carbocycles. The lowest BCUT2D eigenvalue weighted by Crippen LogP contribution is -2.14. The van der Waals surface area contributed by atoms with E-state index >= 15 is 0 Å². The molecule has 0 spiro atoms. The molecule has 2 aromatic heterocycles. The molecule has 2 aromatic rings. The zero-order chi connectivity index (χ0) is 11.0. The maximum absolute atomic E-state index is 5.36. The monoisotopic (exact) mass is 281 g/mol. The summed E-state index contributed by atoms with van der Waals surface area (Å²) >= 11 is 3.37. The van der Waals surface area contributed by atoms with Crippen LogP contribution in [0, 0.1) is 0 Å². The largest absolute Gasteiger partial charge is 0.381 e. The number of nitrogens with zero attached hydrogens (tertiary/aromatic N) is 3. The quantitative estimate of drug-likeness (QED) is 0.754. The minimum atomic E-state index is 0.522. The Morgan fingerprint density at radius 1 is 1.38 bits per heavy atom. The van der Waals surface area contributed by atoms with Crippen molar-refractivity contribution in [3.8, 4) is 0 Å². The highest BCUT2D eigenvalue weighted by molar-refractivity contribution is 9.10. The summed E-state index contributed by atoms with van der Waals surface area (Å²) in [6.07, 6.45) is 4.05. The fraction of sp³-hybridized carbons (Fsp3) is 0.455. The lowest BCUT2D eigenvalue weighted by Gasteiger charge is -2.19. The Bertz CT molecular complexity index is 505. The molecule has 0 aromatic carbocycles. The van der Waals surface area contributed by atoms with Crippen LogP contribution in [-0.4, -0.2) is 27.8 Å². The minimum absolute atomic E-state index is 0.522. The number of halogens is 1. The molecule has 3 rings (SSSR count). The molecule has 0 radical (unpaired) electrons. The van der Waals surface area contributed by atoms with Gasteiger partial charge in [-0.1, -0.05) is 0 Å². The molecule has 3 heterocycles. The Balaban J connectivity index is 1.97. The first-order valence-corrected chi connectivity index (χ1v) is 6.22. The molecule has 16 heavy (non-hydrogen) atoms. The van der Waals surface area contributed by atoms with Gasteiger partial charge < -0.3 is 4.74 Å². The minimum Gasteiger partial charge on any atom is -0.381 e. The van der Waals surface area contributed by atoms with E-state index in [0.29, 0.717) is 5.92 Å². The average Bonchev–Trinajstić information content (AvgIpc) is 2.73. The molecule has 1 aliphatic rings. The van der Waals surface area contributed by atoms with E-state index in [4.69, 9.17) is 4.74 Å². The van der Waals surface area contributed by atoms with Gasteiger partial charge in [-0.05, 0) is 34.8 Å². The number of rotatable bonds is 1. The molecule has 5 heteroatoms. The first-order valence-electron chi connectivity index (χ1n) is 5.42. The van der Waals surface area contributed by atoms with Gasteiger partial charge in [0.2, 0.25) is 0 Å². The van der Waals surface area contributed by atoms with Gasteiger partial charge in [-0.15, -0.1) is 0 Å². The third-order valence-electron chi connectivity index (χ3n) is 2.95. The molecule has 0 bridgehead atoms. The summed E-state index contributed by atoms with van der Waals surface area (Å²) in [7, 11) is 0. The highest BCUT2D eigenvalue weighted by Crippen LogP contribution is 2.26. The smallest absolute Gasteiger partial charge is 0.156 e. The van der Waals surface area contributed by atoms with Crippen LogP contribution in [-0.2, 0) is 4.74 Å². The van der Waals surface area contributed by atoms with Crippen molar-refractivity contribution < 1.29 is 4.74 Å². The standard InChI is InChI=1S/C11H12BrN3O/c12-10-1-4-15-11(13-10)7-9(14-15)8-2-5-16-6-3-8/h1,4,7-8H,2-3,5-6H2. The molecule has 1 aliphatic heterocycles. The van der Waals surface area contributed by atoms with Crippen molar-refractivity contribution in [2.45, 2.75) is 18.8 Å². The zero-order valence-corrected chi connectivity index (χ0v) is 10.4. The summed E-state index contributed by atoms with van der Waals surface area (Å²) in [4.78, 5) is 4.38. The lowest BCUT2D eigenvalue weighted by molar-refractivity contribution is 0.0844. The van der Waals surface area contributed by atoms with Gasteiger partial charge in [-0.3, -0.25) is 0 Å². The van der Waals surface area contributed by atoms with E-state index in [-0.39, 0.29) is 0 Å². The van der Waals surface area contributed by atoms with Crippen LogP contribution >= 0.6 is 15.9 Å². The Morgan fingerprint density at radius 2 is 2.19 bits per heavy atom. The van der Waals surface area contributed by atoms with E-state index in [1.54, 1.807) is 0 Å². The first-order chi connectivity index (χ1) is 7.83. The summed E-state index contributed by atoms with van der Waals surface area (Å²) in [5.74, 6) is 0.522. The number of aromatic nitrogens is 3. The van der Waals surface area contributed by atoms with E-state index in [2.05, 4.69) is 32.1 Å². The van der Waals surface area contributed by atoms with Gasteiger partial charge in [-0.2, -0.15) is 5.10 Å². The van der Waals surface area contributed by atoms with Crippen molar-refractivity contribution in [1.82, 2.24) is 14.6 Å². The number of fused-ring (bicyclic) bond motifs is 1. The van der Waals surface area contributed by atoms with Crippen molar-refractivity contribution >= 4 is 21.6 Å². The second-order valence-electron chi connectivity index (χ2n) is 4.01. The van der Waals surface area contributed by atoms with Gasteiger partial charge >= 0.3 is 0 Å². The van der Waals surface area contributed by atoms with Crippen molar-refractivity contribution in [1.29, 1.82) is 0 Å². The van der Waals surface area contributed by atoms with Crippen LogP contribution < -0.4 is 0 Å². The van der Waals surface area contributed by atoms with E-state index in [1.165, 1.54) is 0 Å². The molecule has 1 fully saturated rings. The molecule has 0 saturated carbocycles. The van der Waals surface area contributed by atoms with Gasteiger partial charge in [0.15, 0.2) is 5.65 Å². The summed E-state index contributed by atoms with van der Waals surface area (Å²) in [6, 6.07) is 3.97. The third kappa shape index (κ3) is 1.85. The summed E-state index contributed by atoms with van der Waals surface area (Å²) < 4.78 is 8.03. The Morgan fingerprint density at radius 3 is 3.00 bits per heavy atom. The van der Waals surface area contributed by atoms with Crippen LogP contribution in [0.2, 0.25) is 0 Å². The normalized spacial score (nSPS) is 18.1. The van der Waals surface area contributed by atoms with Crippen molar-refractivity contribution in [3.05, 3.63) is 28.6 Å². The molecule has 0 N–H and O–H groups in total. The average molecular weight is 282 g/mol. The molecule has 84 valence electrons. The second-order valence-corrected chi connectivity index (χ2v) is 4.82. The SMILES string of the molecule is Brc1ccn2nc(C3CCOCC3)cc2n1. The first kappa shape index (κ1) is 10.2. The summed E-state index contributed by atoms with van der Waals surface area (Å²) in [5, 5.41) is 4.56. The number of hydrogen-bond acceptors (Lipinski definition) is 3. The van der Waals surface area contributed by atoms with Crippen LogP contribution in [0.1, 0.15) is 24.5 Å². The van der Waals surface area contributed by atoms with Gasteiger partial charge in [0.1, 0.15) is 4.60 Å². The van der Waals surface area contributed by atoms with E-state index in [9.17, 15) is 0 Å². The van der Waals surface area contributed by atoms with Crippen LogP contribution in [0.15, 0.2) is 22.9 Å². The van der Waals surface area contributed by atoms with Crippen LogP contribution in [0.25, 0.3) is 5.65 Å². The van der Waals surface area contributed by atoms with Gasteiger partial charge in [0.25, 0.3) is 0 Å². The fourth-order valence-electron chi connectivity index (χ4n) is 2.07. The Kier molecular flexibility index (Phi) is 2.65. The van der Waals surface area contributed by atoms with Crippen LogP contribution in [0.4, 0.5) is 0 Å². The van der Waals surface area contributed by atoms with E-state index in [1.807, 2.05) is 16.8 Å². The number of hydrogen-bond donors (Lipinski definition) is 0. The lowest BCUT2D eigenvalue weighted by atomic mass is 9.97. The van der Waals surface area contributed by atoms with Crippen molar-refractivity contribution in [2.24, 2.45) is 0 Å². The Hall–Kier alpha value is -0.940. The molecule has 0 amide bonds. The predicted octanol–water partition coefficient (Wildman–Crippen LogP) is 2.39. The van der Waals surface area contributed by atoms with Crippen molar-refractivity contribution in [3.63, 3.8) is 0 Å². The predicted molar refractivity (Wildman–Crippen MR) is 63.5 cm³/mol. The highest BCUT2D eigenvalue weighted by Gasteiger charge is 2.19. The third-order valence-corrected chi connectivity index (χ3v) is 3.39.